The molecular formula is C12H20N2O3S. The fourth-order valence-corrected chi connectivity index (χ4v) is 2.67. The lowest BCUT2D eigenvalue weighted by Crippen LogP contribution is -2.26. The van der Waals surface area contributed by atoms with Crippen LogP contribution in [0.5, 0.6) is 0 Å². The third-order valence-electron chi connectivity index (χ3n) is 2.42. The van der Waals surface area contributed by atoms with Crippen LogP contribution in [0.1, 0.15) is 12.0 Å². The lowest BCUT2D eigenvalue weighted by molar-refractivity contribution is 0.184. The summed E-state index contributed by atoms with van der Waals surface area (Å²) in [6.45, 7) is 1.62. The van der Waals surface area contributed by atoms with Crippen LogP contribution in [-0.2, 0) is 21.4 Å². The Morgan fingerprint density at radius 3 is 2.72 bits per heavy atom. The van der Waals surface area contributed by atoms with E-state index in [2.05, 4.69) is 10.0 Å². The average Bonchev–Trinajstić information content (AvgIpc) is 2.36. The molecule has 0 saturated heterocycles. The van der Waals surface area contributed by atoms with Gasteiger partial charge in [-0.25, -0.2) is 13.1 Å². The average molecular weight is 272 g/mol. The highest BCUT2D eigenvalue weighted by Crippen LogP contribution is 2.12. The molecule has 102 valence electrons. The first-order chi connectivity index (χ1) is 8.60. The van der Waals surface area contributed by atoms with Crippen LogP contribution in [0.4, 0.5) is 0 Å². The number of hydrogen-bond acceptors (Lipinski definition) is 4. The summed E-state index contributed by atoms with van der Waals surface area (Å²) in [6.07, 6.45) is 0.757. The van der Waals surface area contributed by atoms with Crippen molar-refractivity contribution in [1.82, 2.24) is 10.0 Å². The number of benzene rings is 1. The molecule has 0 heterocycles. The SMILES string of the molecule is CNCCCNS(=O)(=O)c1cccc(COC)c1. The number of nitrogens with one attached hydrogen (secondary N) is 2. The van der Waals surface area contributed by atoms with Crippen molar-refractivity contribution < 1.29 is 13.2 Å². The van der Waals surface area contributed by atoms with E-state index >= 15 is 0 Å². The molecule has 1 aromatic carbocycles. The number of hydrogen-bond donors (Lipinski definition) is 2. The van der Waals surface area contributed by atoms with Crippen LogP contribution in [-0.4, -0.2) is 35.7 Å². The molecule has 0 aromatic heterocycles. The molecule has 1 aromatic rings. The minimum Gasteiger partial charge on any atom is -0.380 e. The molecule has 18 heavy (non-hydrogen) atoms. The highest BCUT2D eigenvalue weighted by Gasteiger charge is 2.13. The Kier molecular flexibility index (Phi) is 6.28. The summed E-state index contributed by atoms with van der Waals surface area (Å²) in [7, 11) is 0.00167. The first-order valence-electron chi connectivity index (χ1n) is 5.82. The lowest BCUT2D eigenvalue weighted by Gasteiger charge is -2.08. The van der Waals surface area contributed by atoms with Gasteiger partial charge in [-0.15, -0.1) is 0 Å². The number of methoxy groups -OCH3 is 1. The predicted octanol–water partition coefficient (Wildman–Crippen LogP) is 0.721. The molecule has 1 rings (SSSR count). The van der Waals surface area contributed by atoms with Gasteiger partial charge in [-0.05, 0) is 37.7 Å². The van der Waals surface area contributed by atoms with Crippen LogP contribution in [0, 0.1) is 0 Å². The van der Waals surface area contributed by atoms with Crippen LogP contribution in [0.2, 0.25) is 0 Å². The van der Waals surface area contributed by atoms with Gasteiger partial charge in [-0.2, -0.15) is 0 Å². The van der Waals surface area contributed by atoms with E-state index in [0.717, 1.165) is 18.5 Å². The summed E-state index contributed by atoms with van der Waals surface area (Å²) < 4.78 is 31.5. The molecule has 0 radical (unpaired) electrons. The summed E-state index contributed by atoms with van der Waals surface area (Å²) in [5.74, 6) is 0. The summed E-state index contributed by atoms with van der Waals surface area (Å²) in [4.78, 5) is 0.279. The Balaban J connectivity index is 2.69. The molecule has 0 bridgehead atoms. The van der Waals surface area contributed by atoms with E-state index in [1.165, 1.54) is 0 Å². The zero-order valence-corrected chi connectivity index (χ0v) is 11.6. The minimum absolute atomic E-state index is 0.279. The minimum atomic E-state index is -3.41. The molecule has 0 aliphatic heterocycles. The molecule has 0 atom stereocenters. The van der Waals surface area contributed by atoms with Crippen molar-refractivity contribution in [3.8, 4) is 0 Å². The van der Waals surface area contributed by atoms with E-state index in [4.69, 9.17) is 4.74 Å². The van der Waals surface area contributed by atoms with E-state index in [1.54, 1.807) is 25.3 Å². The molecule has 0 amide bonds. The molecular weight excluding hydrogens is 252 g/mol. The third kappa shape index (κ3) is 4.73. The quantitative estimate of drug-likeness (QED) is 0.684. The monoisotopic (exact) mass is 272 g/mol. The van der Waals surface area contributed by atoms with Gasteiger partial charge in [0.15, 0.2) is 0 Å². The van der Waals surface area contributed by atoms with E-state index in [1.807, 2.05) is 13.1 Å². The molecule has 6 heteroatoms. The number of ether oxygens (including phenoxy) is 1. The van der Waals surface area contributed by atoms with Crippen molar-refractivity contribution in [3.63, 3.8) is 0 Å². The van der Waals surface area contributed by atoms with Crippen LogP contribution < -0.4 is 10.0 Å². The van der Waals surface area contributed by atoms with Crippen molar-refractivity contribution in [2.24, 2.45) is 0 Å². The molecule has 5 nitrogen and oxygen atoms in total. The first-order valence-corrected chi connectivity index (χ1v) is 7.30. The zero-order valence-electron chi connectivity index (χ0n) is 10.8. The van der Waals surface area contributed by atoms with Gasteiger partial charge >= 0.3 is 0 Å². The Bertz CT molecular complexity index is 460. The first kappa shape index (κ1) is 15.1. The topological polar surface area (TPSA) is 67.4 Å². The van der Waals surface area contributed by atoms with Gasteiger partial charge in [0.2, 0.25) is 10.0 Å². The Morgan fingerprint density at radius 2 is 2.06 bits per heavy atom. The van der Waals surface area contributed by atoms with Crippen LogP contribution in [0.25, 0.3) is 0 Å². The van der Waals surface area contributed by atoms with Gasteiger partial charge in [0.1, 0.15) is 0 Å². The molecule has 0 unspecified atom stereocenters. The van der Waals surface area contributed by atoms with Crippen molar-refractivity contribution in [2.45, 2.75) is 17.9 Å². The summed E-state index contributed by atoms with van der Waals surface area (Å²) >= 11 is 0. The largest absolute Gasteiger partial charge is 0.380 e. The Labute approximate surface area is 109 Å². The Morgan fingerprint density at radius 1 is 1.28 bits per heavy atom. The van der Waals surface area contributed by atoms with Crippen LogP contribution in [0.15, 0.2) is 29.2 Å². The molecule has 0 aliphatic rings. The second-order valence-electron chi connectivity index (χ2n) is 3.94. The van der Waals surface area contributed by atoms with E-state index < -0.39 is 10.0 Å². The fraction of sp³-hybridized carbons (Fsp3) is 0.500. The standard InChI is InChI=1S/C12H20N2O3S/c1-13-7-4-8-14-18(15,16)12-6-3-5-11(9-12)10-17-2/h3,5-6,9,13-14H,4,7-8,10H2,1-2H3. The Hall–Kier alpha value is -0.950. The molecule has 0 aliphatic carbocycles. The third-order valence-corrected chi connectivity index (χ3v) is 3.87. The maximum atomic E-state index is 12.0. The maximum absolute atomic E-state index is 12.0. The van der Waals surface area contributed by atoms with E-state index in [0.29, 0.717) is 13.2 Å². The summed E-state index contributed by atoms with van der Waals surface area (Å²) in [5, 5.41) is 2.97. The van der Waals surface area contributed by atoms with E-state index in [9.17, 15) is 8.42 Å². The fourth-order valence-electron chi connectivity index (χ4n) is 1.52. The highest BCUT2D eigenvalue weighted by molar-refractivity contribution is 7.89. The van der Waals surface area contributed by atoms with Crippen molar-refractivity contribution in [3.05, 3.63) is 29.8 Å². The normalized spacial score (nSPS) is 11.7. The van der Waals surface area contributed by atoms with Gasteiger partial charge in [-0.3, -0.25) is 0 Å². The summed E-state index contributed by atoms with van der Waals surface area (Å²) in [6, 6.07) is 6.77. The maximum Gasteiger partial charge on any atom is 0.240 e. The zero-order chi connectivity index (χ0) is 13.4. The van der Waals surface area contributed by atoms with Gasteiger partial charge in [0.05, 0.1) is 11.5 Å². The van der Waals surface area contributed by atoms with Gasteiger partial charge in [0.25, 0.3) is 0 Å². The number of sulfonamides is 1. The van der Waals surface area contributed by atoms with Gasteiger partial charge in [-0.1, -0.05) is 12.1 Å². The second kappa shape index (κ2) is 7.48. The van der Waals surface area contributed by atoms with Crippen molar-refractivity contribution in [1.29, 1.82) is 0 Å². The number of rotatable bonds is 8. The van der Waals surface area contributed by atoms with Crippen LogP contribution in [0.3, 0.4) is 0 Å². The molecule has 0 spiro atoms. The smallest absolute Gasteiger partial charge is 0.240 e. The second-order valence-corrected chi connectivity index (χ2v) is 5.70. The lowest BCUT2D eigenvalue weighted by atomic mass is 10.2. The van der Waals surface area contributed by atoms with Gasteiger partial charge < -0.3 is 10.1 Å². The molecule has 0 fully saturated rings. The molecule has 2 N–H and O–H groups in total. The summed E-state index contributed by atoms with van der Waals surface area (Å²) in [5.41, 5.74) is 0.843. The van der Waals surface area contributed by atoms with Crippen molar-refractivity contribution in [2.75, 3.05) is 27.2 Å². The highest BCUT2D eigenvalue weighted by atomic mass is 32.2. The van der Waals surface area contributed by atoms with E-state index in [-0.39, 0.29) is 4.90 Å². The predicted molar refractivity (Wildman–Crippen MR) is 70.9 cm³/mol. The van der Waals surface area contributed by atoms with Gasteiger partial charge in [0, 0.05) is 13.7 Å². The molecule has 0 saturated carbocycles. The van der Waals surface area contributed by atoms with Crippen LogP contribution >= 0.6 is 0 Å². The van der Waals surface area contributed by atoms with Crippen molar-refractivity contribution >= 4 is 10.0 Å².